The highest BCUT2D eigenvalue weighted by Gasteiger charge is 2.24. The second kappa shape index (κ2) is 17.4. The highest BCUT2D eigenvalue weighted by molar-refractivity contribution is 6.76. The van der Waals surface area contributed by atoms with Gasteiger partial charge in [0.05, 0.1) is 30.9 Å². The molecular formula is C35H51FN6O6Si. The molecule has 3 heterocycles. The Balaban J connectivity index is 1.96. The fraction of sp³-hybridized carbons (Fsp3) is 0.514. The lowest BCUT2D eigenvalue weighted by Gasteiger charge is -2.19. The quantitative estimate of drug-likeness (QED) is 0.118. The zero-order valence-corrected chi connectivity index (χ0v) is 31.2. The molecule has 0 aliphatic rings. The summed E-state index contributed by atoms with van der Waals surface area (Å²) >= 11 is 0. The van der Waals surface area contributed by atoms with Crippen LogP contribution in [-0.2, 0) is 38.8 Å². The van der Waals surface area contributed by atoms with Gasteiger partial charge in [-0.3, -0.25) is 19.4 Å². The average Bonchev–Trinajstić information content (AvgIpc) is 3.29. The van der Waals surface area contributed by atoms with Gasteiger partial charge >= 0.3 is 6.09 Å². The number of hydrogen-bond acceptors (Lipinski definition) is 7. The number of rotatable bonds is 16. The van der Waals surface area contributed by atoms with Gasteiger partial charge in [-0.2, -0.15) is 0 Å². The number of alkyl carbamates (subject to hydrolysis) is 1. The summed E-state index contributed by atoms with van der Waals surface area (Å²) in [6.45, 7) is 13.6. The van der Waals surface area contributed by atoms with E-state index in [1.807, 2.05) is 25.3 Å². The molecule has 0 bridgehead atoms. The molecule has 12 nitrogen and oxygen atoms in total. The summed E-state index contributed by atoms with van der Waals surface area (Å²) in [5, 5.41) is 5.15. The van der Waals surface area contributed by atoms with E-state index in [4.69, 9.17) is 4.74 Å². The summed E-state index contributed by atoms with van der Waals surface area (Å²) < 4.78 is 29.5. The first-order chi connectivity index (χ1) is 23.0. The number of carbonyl (C=O) groups is 3. The van der Waals surface area contributed by atoms with Crippen LogP contribution in [0.2, 0.25) is 25.7 Å². The first-order valence-corrected chi connectivity index (χ1v) is 20.2. The number of ether oxygens (including phenoxy) is 2. The smallest absolute Gasteiger partial charge is 0.407 e. The number of allylic oxidation sites excluding steroid dienone is 1. The number of hydrogen-bond donors (Lipinski definition) is 2. The Morgan fingerprint density at radius 3 is 2.53 bits per heavy atom. The zero-order chi connectivity index (χ0) is 36.5. The molecule has 0 aliphatic heterocycles. The number of aromatic nitrogens is 3. The van der Waals surface area contributed by atoms with Gasteiger partial charge in [0.25, 0.3) is 5.56 Å². The predicted octanol–water partition coefficient (Wildman–Crippen LogP) is 5.29. The van der Waals surface area contributed by atoms with Crippen molar-refractivity contribution in [2.75, 3.05) is 33.1 Å². The standard InChI is InChI=1S/C35H51FN6O6Si/c1-23(2)19-25-26(36)20-37-31-24(3)29(42(32(25)31)22-48-17-18-49(7,8)9)21-41-16-12-14-28(34(41)45)38-33(44)27(39-35(46)47-6)13-10-11-15-30(43)40(4)5/h11-12,14-16,20,23,27H,10,13,17-19,21-22H2,1-9H3,(H,38,44)(H,39,46)/b15-11+/t27-/m0/s1. The Labute approximate surface area is 288 Å². The van der Waals surface area contributed by atoms with Crippen molar-refractivity contribution in [2.45, 2.75) is 85.0 Å². The van der Waals surface area contributed by atoms with Gasteiger partial charge in [-0.05, 0) is 61.9 Å². The van der Waals surface area contributed by atoms with Gasteiger partial charge in [0, 0.05) is 46.2 Å². The Morgan fingerprint density at radius 1 is 1.18 bits per heavy atom. The molecule has 3 aromatic heterocycles. The molecule has 2 N–H and O–H groups in total. The number of aryl methyl sites for hydroxylation is 1. The third-order valence-corrected chi connectivity index (χ3v) is 9.74. The van der Waals surface area contributed by atoms with Crippen LogP contribution in [0.25, 0.3) is 11.0 Å². The van der Waals surface area contributed by atoms with Crippen LogP contribution in [-0.4, -0.2) is 78.9 Å². The maximum absolute atomic E-state index is 15.3. The maximum Gasteiger partial charge on any atom is 0.407 e. The third kappa shape index (κ3) is 10.8. The van der Waals surface area contributed by atoms with Crippen LogP contribution in [0.15, 0.2) is 41.5 Å². The Bertz CT molecular complexity index is 1730. The Kier molecular flexibility index (Phi) is 13.9. The number of anilines is 1. The number of nitrogens with one attached hydrogen (secondary N) is 2. The summed E-state index contributed by atoms with van der Waals surface area (Å²) in [5.74, 6) is -1.02. The molecule has 0 saturated carbocycles. The number of pyridine rings is 2. The molecule has 14 heteroatoms. The van der Waals surface area contributed by atoms with Crippen LogP contribution in [0, 0.1) is 18.7 Å². The van der Waals surface area contributed by atoms with E-state index in [1.165, 1.54) is 34.9 Å². The van der Waals surface area contributed by atoms with E-state index in [0.717, 1.165) is 17.3 Å². The van der Waals surface area contributed by atoms with Gasteiger partial charge in [-0.25, -0.2) is 9.18 Å². The van der Waals surface area contributed by atoms with Crippen LogP contribution >= 0.6 is 0 Å². The number of likely N-dealkylation sites (N-methyl/N-ethyl adjacent to an activating group) is 1. The van der Waals surface area contributed by atoms with Gasteiger partial charge in [-0.15, -0.1) is 0 Å². The lowest BCUT2D eigenvalue weighted by Crippen LogP contribution is -2.44. The number of halogens is 1. The molecule has 0 saturated heterocycles. The fourth-order valence-corrected chi connectivity index (χ4v) is 6.00. The van der Waals surface area contributed by atoms with Gasteiger partial charge in [0.15, 0.2) is 0 Å². The maximum atomic E-state index is 15.3. The second-order valence-corrected chi connectivity index (χ2v) is 19.6. The molecule has 49 heavy (non-hydrogen) atoms. The average molecular weight is 699 g/mol. The van der Waals surface area contributed by atoms with Crippen LogP contribution in [0.3, 0.4) is 0 Å². The Hall–Kier alpha value is -4.30. The molecule has 1 atom stereocenters. The fourth-order valence-electron chi connectivity index (χ4n) is 5.24. The minimum Gasteiger partial charge on any atom is -0.453 e. The Morgan fingerprint density at radius 2 is 1.90 bits per heavy atom. The number of fused-ring (bicyclic) bond motifs is 1. The van der Waals surface area contributed by atoms with Crippen molar-refractivity contribution in [1.82, 2.24) is 24.3 Å². The predicted molar refractivity (Wildman–Crippen MR) is 192 cm³/mol. The van der Waals surface area contributed by atoms with Crippen LogP contribution < -0.4 is 16.2 Å². The lowest BCUT2D eigenvalue weighted by molar-refractivity contribution is -0.123. The van der Waals surface area contributed by atoms with E-state index in [1.54, 1.807) is 32.4 Å². The van der Waals surface area contributed by atoms with Crippen molar-refractivity contribution in [3.05, 3.63) is 69.7 Å². The molecule has 3 aromatic rings. The van der Waals surface area contributed by atoms with Gasteiger partial charge in [-0.1, -0.05) is 39.6 Å². The van der Waals surface area contributed by atoms with Crippen molar-refractivity contribution < 1.29 is 28.2 Å². The molecule has 0 fully saturated rings. The molecule has 0 aliphatic carbocycles. The summed E-state index contributed by atoms with van der Waals surface area (Å²) in [4.78, 5) is 56.8. The van der Waals surface area contributed by atoms with Crippen LogP contribution in [0.4, 0.5) is 14.9 Å². The molecule has 0 radical (unpaired) electrons. The third-order valence-electron chi connectivity index (χ3n) is 8.03. The van der Waals surface area contributed by atoms with Crippen molar-refractivity contribution in [1.29, 1.82) is 0 Å². The number of amides is 3. The minimum absolute atomic E-state index is 0.0128. The van der Waals surface area contributed by atoms with E-state index in [2.05, 4.69) is 40.0 Å². The van der Waals surface area contributed by atoms with Gasteiger partial charge in [0.1, 0.15) is 24.3 Å². The van der Waals surface area contributed by atoms with E-state index in [-0.39, 0.29) is 43.0 Å². The molecule has 268 valence electrons. The van der Waals surface area contributed by atoms with Crippen molar-refractivity contribution in [3.8, 4) is 0 Å². The number of methoxy groups -OCH3 is 1. The normalized spacial score (nSPS) is 12.5. The lowest BCUT2D eigenvalue weighted by atomic mass is 10.0. The molecule has 3 rings (SSSR count). The van der Waals surface area contributed by atoms with Gasteiger partial charge < -0.3 is 34.1 Å². The van der Waals surface area contributed by atoms with E-state index < -0.39 is 31.7 Å². The summed E-state index contributed by atoms with van der Waals surface area (Å²) in [5.41, 5.74) is 2.95. The van der Waals surface area contributed by atoms with Crippen molar-refractivity contribution in [3.63, 3.8) is 0 Å². The van der Waals surface area contributed by atoms with E-state index in [9.17, 15) is 19.2 Å². The summed E-state index contributed by atoms with van der Waals surface area (Å²) in [7, 11) is 3.07. The van der Waals surface area contributed by atoms with E-state index in [0.29, 0.717) is 36.0 Å². The highest BCUT2D eigenvalue weighted by atomic mass is 28.3. The minimum atomic E-state index is -1.36. The van der Waals surface area contributed by atoms with Crippen molar-refractivity contribution in [2.24, 2.45) is 5.92 Å². The van der Waals surface area contributed by atoms with E-state index >= 15 is 4.39 Å². The SMILES string of the molecule is COC(=O)N[C@@H](CC/C=C/C(=O)N(C)C)C(=O)Nc1cccn(Cc2c(C)c3ncc(F)c(CC(C)C)c3n2COCC[Si](C)(C)C)c1=O. The van der Waals surface area contributed by atoms with Gasteiger partial charge in [0.2, 0.25) is 11.8 Å². The molecule has 0 spiro atoms. The zero-order valence-electron chi connectivity index (χ0n) is 30.2. The monoisotopic (exact) mass is 698 g/mol. The second-order valence-electron chi connectivity index (χ2n) is 14.0. The summed E-state index contributed by atoms with van der Waals surface area (Å²) in [6, 6.07) is 3.05. The van der Waals surface area contributed by atoms with Crippen LogP contribution in [0.1, 0.15) is 43.5 Å². The number of carbonyl (C=O) groups excluding carboxylic acids is 3. The molecule has 3 amide bonds. The molecular weight excluding hydrogens is 648 g/mol. The molecule has 0 aromatic carbocycles. The summed E-state index contributed by atoms with van der Waals surface area (Å²) in [6.07, 6.45) is 6.02. The molecule has 0 unspecified atom stereocenters. The number of nitrogens with zero attached hydrogens (tertiary/aromatic N) is 4. The van der Waals surface area contributed by atoms with Crippen LogP contribution in [0.5, 0.6) is 0 Å². The largest absolute Gasteiger partial charge is 0.453 e. The topological polar surface area (TPSA) is 137 Å². The highest BCUT2D eigenvalue weighted by Crippen LogP contribution is 2.30. The first-order valence-electron chi connectivity index (χ1n) is 16.5. The van der Waals surface area contributed by atoms with Crippen molar-refractivity contribution >= 4 is 42.7 Å². The first kappa shape index (κ1) is 39.1.